The standard InChI is InChI=1S/C11H17N3O/c1-8-12-7-6-11(13-8)14-9-4-2-3-5-10(9)15/h6-7,9-10,15H,2-5H2,1H3,(H,12,13,14). The molecule has 0 amide bonds. The number of hydrogen-bond donors (Lipinski definition) is 2. The lowest BCUT2D eigenvalue weighted by Gasteiger charge is -2.28. The molecule has 2 unspecified atom stereocenters. The predicted molar refractivity (Wildman–Crippen MR) is 58.7 cm³/mol. The van der Waals surface area contributed by atoms with Crippen molar-refractivity contribution < 1.29 is 5.11 Å². The Morgan fingerprint density at radius 2 is 2.20 bits per heavy atom. The summed E-state index contributed by atoms with van der Waals surface area (Å²) < 4.78 is 0. The van der Waals surface area contributed by atoms with E-state index in [2.05, 4.69) is 15.3 Å². The number of rotatable bonds is 2. The molecule has 1 saturated carbocycles. The Morgan fingerprint density at radius 1 is 1.40 bits per heavy atom. The summed E-state index contributed by atoms with van der Waals surface area (Å²) in [6.45, 7) is 1.86. The predicted octanol–water partition coefficient (Wildman–Crippen LogP) is 1.50. The third kappa shape index (κ3) is 2.65. The summed E-state index contributed by atoms with van der Waals surface area (Å²) in [5.41, 5.74) is 0. The first kappa shape index (κ1) is 10.4. The van der Waals surface area contributed by atoms with E-state index in [0.29, 0.717) is 0 Å². The average Bonchev–Trinajstić information content (AvgIpc) is 2.22. The van der Waals surface area contributed by atoms with Crippen LogP contribution in [0.15, 0.2) is 12.3 Å². The maximum absolute atomic E-state index is 9.79. The lowest BCUT2D eigenvalue weighted by molar-refractivity contribution is 0.116. The summed E-state index contributed by atoms with van der Waals surface area (Å²) in [6, 6.07) is 1.99. The third-order valence-electron chi connectivity index (χ3n) is 2.84. The second kappa shape index (κ2) is 4.57. The zero-order valence-corrected chi connectivity index (χ0v) is 8.98. The van der Waals surface area contributed by atoms with Crippen LogP contribution >= 0.6 is 0 Å². The van der Waals surface area contributed by atoms with E-state index in [1.807, 2.05) is 13.0 Å². The fraction of sp³-hybridized carbons (Fsp3) is 0.636. The molecule has 0 spiro atoms. The molecule has 2 rings (SSSR count). The van der Waals surface area contributed by atoms with Gasteiger partial charge < -0.3 is 10.4 Å². The van der Waals surface area contributed by atoms with Crippen LogP contribution in [0, 0.1) is 6.92 Å². The van der Waals surface area contributed by atoms with Gasteiger partial charge in [-0.1, -0.05) is 12.8 Å². The van der Waals surface area contributed by atoms with Gasteiger partial charge >= 0.3 is 0 Å². The molecule has 0 saturated heterocycles. The first-order valence-corrected chi connectivity index (χ1v) is 5.50. The maximum Gasteiger partial charge on any atom is 0.129 e. The van der Waals surface area contributed by atoms with Crippen LogP contribution in [-0.2, 0) is 0 Å². The molecule has 1 fully saturated rings. The lowest BCUT2D eigenvalue weighted by Crippen LogP contribution is -2.36. The van der Waals surface area contributed by atoms with Gasteiger partial charge in [0.1, 0.15) is 11.6 Å². The Hall–Kier alpha value is -1.16. The normalized spacial score (nSPS) is 26.3. The van der Waals surface area contributed by atoms with Crippen molar-refractivity contribution in [2.45, 2.75) is 44.8 Å². The van der Waals surface area contributed by atoms with E-state index in [0.717, 1.165) is 30.9 Å². The highest BCUT2D eigenvalue weighted by atomic mass is 16.3. The Bertz CT molecular complexity index is 329. The van der Waals surface area contributed by atoms with Crippen LogP contribution in [0.5, 0.6) is 0 Å². The van der Waals surface area contributed by atoms with Crippen LogP contribution in [0.25, 0.3) is 0 Å². The van der Waals surface area contributed by atoms with Gasteiger partial charge in [-0.3, -0.25) is 0 Å². The molecule has 1 aromatic heterocycles. The van der Waals surface area contributed by atoms with Crippen LogP contribution in [0.2, 0.25) is 0 Å². The molecule has 2 N–H and O–H groups in total. The number of nitrogens with zero attached hydrogens (tertiary/aromatic N) is 2. The topological polar surface area (TPSA) is 58.0 Å². The summed E-state index contributed by atoms with van der Waals surface area (Å²) in [5, 5.41) is 13.1. The summed E-state index contributed by atoms with van der Waals surface area (Å²) in [5.74, 6) is 1.57. The Kier molecular flexibility index (Phi) is 3.16. The molecule has 4 heteroatoms. The fourth-order valence-electron chi connectivity index (χ4n) is 2.01. The van der Waals surface area contributed by atoms with E-state index < -0.39 is 0 Å². The van der Waals surface area contributed by atoms with Crippen molar-refractivity contribution in [2.75, 3.05) is 5.32 Å². The number of hydrogen-bond acceptors (Lipinski definition) is 4. The van der Waals surface area contributed by atoms with Crippen LogP contribution in [0.1, 0.15) is 31.5 Å². The minimum Gasteiger partial charge on any atom is -0.391 e. The van der Waals surface area contributed by atoms with E-state index >= 15 is 0 Å². The molecule has 4 nitrogen and oxygen atoms in total. The number of aromatic nitrogens is 2. The van der Waals surface area contributed by atoms with E-state index in [-0.39, 0.29) is 12.1 Å². The van der Waals surface area contributed by atoms with Gasteiger partial charge in [0.05, 0.1) is 12.1 Å². The van der Waals surface area contributed by atoms with Crippen molar-refractivity contribution >= 4 is 5.82 Å². The van der Waals surface area contributed by atoms with E-state index in [1.165, 1.54) is 6.42 Å². The largest absolute Gasteiger partial charge is 0.391 e. The Balaban J connectivity index is 2.01. The van der Waals surface area contributed by atoms with Crippen LogP contribution in [0.4, 0.5) is 5.82 Å². The summed E-state index contributed by atoms with van der Waals surface area (Å²) in [4.78, 5) is 8.31. The molecule has 0 aliphatic heterocycles. The first-order valence-electron chi connectivity index (χ1n) is 5.50. The molecule has 0 radical (unpaired) electrons. The molecule has 1 aliphatic carbocycles. The zero-order valence-electron chi connectivity index (χ0n) is 8.98. The van der Waals surface area contributed by atoms with Gasteiger partial charge in [-0.05, 0) is 25.8 Å². The van der Waals surface area contributed by atoms with Gasteiger partial charge in [-0.2, -0.15) is 0 Å². The highest BCUT2D eigenvalue weighted by molar-refractivity contribution is 5.34. The van der Waals surface area contributed by atoms with Crippen molar-refractivity contribution in [1.29, 1.82) is 0 Å². The summed E-state index contributed by atoms with van der Waals surface area (Å²) in [6.07, 6.45) is 5.71. The number of aliphatic hydroxyl groups is 1. The molecule has 15 heavy (non-hydrogen) atoms. The Labute approximate surface area is 89.8 Å². The van der Waals surface area contributed by atoms with E-state index in [9.17, 15) is 5.11 Å². The number of aliphatic hydroxyl groups excluding tert-OH is 1. The number of anilines is 1. The van der Waals surface area contributed by atoms with E-state index in [1.54, 1.807) is 6.20 Å². The number of nitrogens with one attached hydrogen (secondary N) is 1. The van der Waals surface area contributed by atoms with Crippen LogP contribution in [-0.4, -0.2) is 27.2 Å². The van der Waals surface area contributed by atoms with Gasteiger partial charge in [0, 0.05) is 6.20 Å². The molecule has 2 atom stereocenters. The van der Waals surface area contributed by atoms with Crippen molar-refractivity contribution in [2.24, 2.45) is 0 Å². The van der Waals surface area contributed by atoms with Gasteiger partial charge in [0.15, 0.2) is 0 Å². The first-order chi connectivity index (χ1) is 7.25. The minimum absolute atomic E-state index is 0.146. The zero-order chi connectivity index (χ0) is 10.7. The Morgan fingerprint density at radius 3 is 2.93 bits per heavy atom. The second-order valence-electron chi connectivity index (χ2n) is 4.09. The summed E-state index contributed by atoms with van der Waals surface area (Å²) in [7, 11) is 0. The minimum atomic E-state index is -0.242. The van der Waals surface area contributed by atoms with E-state index in [4.69, 9.17) is 0 Å². The van der Waals surface area contributed by atoms with Crippen molar-refractivity contribution in [1.82, 2.24) is 9.97 Å². The molecule has 1 heterocycles. The molecule has 0 aromatic carbocycles. The summed E-state index contributed by atoms with van der Waals surface area (Å²) >= 11 is 0. The van der Waals surface area contributed by atoms with Gasteiger partial charge in [-0.15, -0.1) is 0 Å². The maximum atomic E-state index is 9.79. The molecule has 82 valence electrons. The third-order valence-corrected chi connectivity index (χ3v) is 2.84. The van der Waals surface area contributed by atoms with Gasteiger partial charge in [-0.25, -0.2) is 9.97 Å². The fourth-order valence-corrected chi connectivity index (χ4v) is 2.01. The highest BCUT2D eigenvalue weighted by Gasteiger charge is 2.22. The lowest BCUT2D eigenvalue weighted by atomic mass is 9.93. The van der Waals surface area contributed by atoms with Crippen molar-refractivity contribution in [3.8, 4) is 0 Å². The van der Waals surface area contributed by atoms with Crippen molar-refractivity contribution in [3.63, 3.8) is 0 Å². The highest BCUT2D eigenvalue weighted by Crippen LogP contribution is 2.21. The quantitative estimate of drug-likeness (QED) is 0.771. The van der Waals surface area contributed by atoms with Gasteiger partial charge in [0.25, 0.3) is 0 Å². The number of aryl methyl sites for hydroxylation is 1. The van der Waals surface area contributed by atoms with Crippen LogP contribution < -0.4 is 5.32 Å². The second-order valence-corrected chi connectivity index (χ2v) is 4.09. The smallest absolute Gasteiger partial charge is 0.129 e. The van der Waals surface area contributed by atoms with Crippen molar-refractivity contribution in [3.05, 3.63) is 18.1 Å². The molecule has 1 aromatic rings. The molecular formula is C11H17N3O. The molecule has 1 aliphatic rings. The SMILES string of the molecule is Cc1nccc(NC2CCCCC2O)n1. The monoisotopic (exact) mass is 207 g/mol. The van der Waals surface area contributed by atoms with Gasteiger partial charge in [0.2, 0.25) is 0 Å². The average molecular weight is 207 g/mol. The molecular weight excluding hydrogens is 190 g/mol. The molecule has 0 bridgehead atoms. The van der Waals surface area contributed by atoms with Crippen LogP contribution in [0.3, 0.4) is 0 Å².